The molecular weight excluding hydrogens is 363 g/mol. The minimum Gasteiger partial charge on any atom is -0.495 e. The zero-order chi connectivity index (χ0) is 18.0. The van der Waals surface area contributed by atoms with Gasteiger partial charge in [-0.15, -0.1) is 0 Å². The van der Waals surface area contributed by atoms with Gasteiger partial charge in [0.2, 0.25) is 0 Å². The highest BCUT2D eigenvalue weighted by atomic mass is 35.5. The maximum Gasteiger partial charge on any atom is 0.260 e. The van der Waals surface area contributed by atoms with Gasteiger partial charge in [-0.3, -0.25) is 4.79 Å². The quantitative estimate of drug-likeness (QED) is 0.774. The Morgan fingerprint density at radius 1 is 1.36 bits per heavy atom. The van der Waals surface area contributed by atoms with Crippen molar-refractivity contribution in [2.75, 3.05) is 12.4 Å². The molecule has 1 unspecified atom stereocenters. The lowest BCUT2D eigenvalue weighted by atomic mass is 10.2. The van der Waals surface area contributed by atoms with Gasteiger partial charge < -0.3 is 15.4 Å². The standard InChI is InChI=1S/C18H16ClFN2O2S/c1-10-6-7-15(24-2)14(8-10)21-18-22-17(23)16(25-18)9-11-12(19)4-3-5-13(11)20/h3-9,18,21H,1-2H3,(H,22,23)/b16-9-. The molecule has 1 atom stereocenters. The summed E-state index contributed by atoms with van der Waals surface area (Å²) in [6.07, 6.45) is 1.47. The van der Waals surface area contributed by atoms with Crippen molar-refractivity contribution in [3.05, 3.63) is 63.3 Å². The first kappa shape index (κ1) is 17.6. The largest absolute Gasteiger partial charge is 0.495 e. The zero-order valence-electron chi connectivity index (χ0n) is 13.6. The molecule has 1 amide bonds. The highest BCUT2D eigenvalue weighted by molar-refractivity contribution is 8.05. The second-order valence-electron chi connectivity index (χ2n) is 5.46. The normalized spacial score (nSPS) is 18.3. The third-order valence-electron chi connectivity index (χ3n) is 3.65. The maximum atomic E-state index is 13.9. The van der Waals surface area contributed by atoms with E-state index in [0.717, 1.165) is 11.3 Å². The maximum absolute atomic E-state index is 13.9. The molecule has 0 bridgehead atoms. The van der Waals surface area contributed by atoms with Crippen LogP contribution >= 0.6 is 23.4 Å². The molecule has 1 aliphatic heterocycles. The molecule has 1 heterocycles. The first-order valence-corrected chi connectivity index (χ1v) is 8.78. The van der Waals surface area contributed by atoms with Crippen molar-refractivity contribution in [2.45, 2.75) is 12.4 Å². The number of hydrogen-bond donors (Lipinski definition) is 2. The van der Waals surface area contributed by atoms with Crippen LogP contribution in [0, 0.1) is 12.7 Å². The predicted molar refractivity (Wildman–Crippen MR) is 100 cm³/mol. The van der Waals surface area contributed by atoms with Crippen LogP contribution in [0.25, 0.3) is 6.08 Å². The van der Waals surface area contributed by atoms with Crippen LogP contribution in [0.5, 0.6) is 5.75 Å². The van der Waals surface area contributed by atoms with Crippen molar-refractivity contribution < 1.29 is 13.9 Å². The van der Waals surface area contributed by atoms with Crippen molar-refractivity contribution in [1.29, 1.82) is 0 Å². The van der Waals surface area contributed by atoms with Gasteiger partial charge in [-0.05, 0) is 42.8 Å². The molecule has 0 aliphatic carbocycles. The van der Waals surface area contributed by atoms with Crippen LogP contribution in [0.3, 0.4) is 0 Å². The summed E-state index contributed by atoms with van der Waals surface area (Å²) < 4.78 is 19.2. The van der Waals surface area contributed by atoms with Gasteiger partial charge >= 0.3 is 0 Å². The minimum absolute atomic E-state index is 0.204. The first-order valence-electron chi connectivity index (χ1n) is 7.52. The SMILES string of the molecule is COc1ccc(C)cc1NC1NC(=O)/C(=C/c2c(F)cccc2Cl)S1. The molecule has 2 aromatic rings. The Bertz CT molecular complexity index is 837. The predicted octanol–water partition coefficient (Wildman–Crippen LogP) is 4.40. The van der Waals surface area contributed by atoms with Gasteiger partial charge in [0.1, 0.15) is 11.6 Å². The van der Waals surface area contributed by atoms with E-state index < -0.39 is 5.82 Å². The summed E-state index contributed by atoms with van der Waals surface area (Å²) in [5, 5.41) is 6.28. The van der Waals surface area contributed by atoms with Crippen LogP contribution in [0.1, 0.15) is 11.1 Å². The Hall–Kier alpha value is -2.18. The molecule has 25 heavy (non-hydrogen) atoms. The number of rotatable bonds is 4. The lowest BCUT2D eigenvalue weighted by Gasteiger charge is -2.16. The van der Waals surface area contributed by atoms with Gasteiger partial charge in [-0.25, -0.2) is 4.39 Å². The van der Waals surface area contributed by atoms with E-state index in [-0.39, 0.29) is 22.0 Å². The molecule has 0 spiro atoms. The molecule has 1 aliphatic rings. The second kappa shape index (κ2) is 7.37. The minimum atomic E-state index is -0.467. The van der Waals surface area contributed by atoms with Gasteiger partial charge in [0.25, 0.3) is 5.91 Å². The Kier molecular flexibility index (Phi) is 5.20. The number of anilines is 1. The monoisotopic (exact) mass is 378 g/mol. The number of amides is 1. The van der Waals surface area contributed by atoms with Crippen LogP contribution in [0.2, 0.25) is 5.02 Å². The van der Waals surface area contributed by atoms with Crippen LogP contribution in [0.4, 0.5) is 10.1 Å². The van der Waals surface area contributed by atoms with E-state index in [9.17, 15) is 9.18 Å². The van der Waals surface area contributed by atoms with Crippen LogP contribution in [-0.4, -0.2) is 18.5 Å². The molecule has 3 rings (SSSR count). The smallest absolute Gasteiger partial charge is 0.260 e. The number of halogens is 2. The molecule has 130 valence electrons. The number of carbonyl (C=O) groups excluding carboxylic acids is 1. The highest BCUT2D eigenvalue weighted by Crippen LogP contribution is 2.34. The molecule has 2 N–H and O–H groups in total. The summed E-state index contributed by atoms with van der Waals surface area (Å²) in [7, 11) is 1.59. The average molecular weight is 379 g/mol. The fourth-order valence-electron chi connectivity index (χ4n) is 2.42. The van der Waals surface area contributed by atoms with E-state index in [0.29, 0.717) is 10.7 Å². The van der Waals surface area contributed by atoms with Gasteiger partial charge in [0.15, 0.2) is 5.50 Å². The number of benzene rings is 2. The summed E-state index contributed by atoms with van der Waals surface area (Å²) in [4.78, 5) is 12.6. The topological polar surface area (TPSA) is 50.4 Å². The van der Waals surface area contributed by atoms with E-state index in [1.165, 1.54) is 30.0 Å². The molecule has 0 radical (unpaired) electrons. The average Bonchev–Trinajstić information content (AvgIpc) is 2.91. The number of thioether (sulfide) groups is 1. The fourth-order valence-corrected chi connectivity index (χ4v) is 3.60. The van der Waals surface area contributed by atoms with E-state index >= 15 is 0 Å². The summed E-state index contributed by atoms with van der Waals surface area (Å²) in [6, 6.07) is 10.1. The van der Waals surface area contributed by atoms with Crippen LogP contribution in [-0.2, 0) is 4.79 Å². The van der Waals surface area contributed by atoms with Crippen molar-refractivity contribution in [3.63, 3.8) is 0 Å². The lowest BCUT2D eigenvalue weighted by Crippen LogP contribution is -2.31. The van der Waals surface area contributed by atoms with E-state index in [2.05, 4.69) is 10.6 Å². The number of aryl methyl sites for hydroxylation is 1. The Balaban J connectivity index is 1.82. The fraction of sp³-hybridized carbons (Fsp3) is 0.167. The number of carbonyl (C=O) groups is 1. The van der Waals surface area contributed by atoms with Gasteiger partial charge in [-0.1, -0.05) is 35.5 Å². The highest BCUT2D eigenvalue weighted by Gasteiger charge is 2.28. The molecule has 7 heteroatoms. The number of nitrogens with one attached hydrogen (secondary N) is 2. The van der Waals surface area contributed by atoms with Crippen LogP contribution in [0.15, 0.2) is 41.3 Å². The van der Waals surface area contributed by atoms with Gasteiger partial charge in [0.05, 0.1) is 22.7 Å². The van der Waals surface area contributed by atoms with Crippen molar-refractivity contribution >= 4 is 41.0 Å². The Morgan fingerprint density at radius 2 is 2.16 bits per heavy atom. The van der Waals surface area contributed by atoms with Gasteiger partial charge in [0, 0.05) is 5.56 Å². The van der Waals surface area contributed by atoms with Crippen molar-refractivity contribution in [1.82, 2.24) is 5.32 Å². The van der Waals surface area contributed by atoms with Crippen LogP contribution < -0.4 is 15.4 Å². The second-order valence-corrected chi connectivity index (χ2v) is 7.02. The summed E-state index contributed by atoms with van der Waals surface area (Å²) >= 11 is 7.28. The molecule has 0 aromatic heterocycles. The molecule has 2 aromatic carbocycles. The molecule has 1 saturated heterocycles. The third kappa shape index (κ3) is 3.91. The Labute approximate surface area is 154 Å². The Morgan fingerprint density at radius 3 is 2.88 bits per heavy atom. The summed E-state index contributed by atoms with van der Waals surface area (Å²) in [5.74, 6) is -0.0753. The number of methoxy groups -OCH3 is 1. The van der Waals surface area contributed by atoms with Crippen molar-refractivity contribution in [3.8, 4) is 5.75 Å². The molecule has 4 nitrogen and oxygen atoms in total. The van der Waals surface area contributed by atoms with Gasteiger partial charge in [-0.2, -0.15) is 0 Å². The van der Waals surface area contributed by atoms with Crippen molar-refractivity contribution in [2.24, 2.45) is 0 Å². The summed E-state index contributed by atoms with van der Waals surface area (Å²) in [6.45, 7) is 1.97. The van der Waals surface area contributed by atoms with E-state index in [1.807, 2.05) is 25.1 Å². The third-order valence-corrected chi connectivity index (χ3v) is 5.01. The molecule has 1 fully saturated rings. The van der Waals surface area contributed by atoms with E-state index in [1.54, 1.807) is 13.2 Å². The number of hydrogen-bond acceptors (Lipinski definition) is 4. The summed E-state index contributed by atoms with van der Waals surface area (Å²) in [5.41, 5.74) is 1.65. The number of ether oxygens (including phenoxy) is 1. The molecular formula is C18H16ClFN2O2S. The zero-order valence-corrected chi connectivity index (χ0v) is 15.2. The van der Waals surface area contributed by atoms with E-state index in [4.69, 9.17) is 16.3 Å². The first-order chi connectivity index (χ1) is 12.0. The lowest BCUT2D eigenvalue weighted by molar-refractivity contribution is -0.116. The molecule has 0 saturated carbocycles.